The summed E-state index contributed by atoms with van der Waals surface area (Å²) >= 11 is 0. The van der Waals surface area contributed by atoms with Crippen molar-refractivity contribution < 1.29 is 18.3 Å². The van der Waals surface area contributed by atoms with Crippen molar-refractivity contribution in [2.75, 3.05) is 26.2 Å². The number of ether oxygens (including phenoxy) is 1. The Morgan fingerprint density at radius 2 is 2.00 bits per heavy atom. The van der Waals surface area contributed by atoms with Crippen LogP contribution in [0.4, 0.5) is 8.78 Å². The third-order valence-corrected chi connectivity index (χ3v) is 3.92. The van der Waals surface area contributed by atoms with E-state index in [0.717, 1.165) is 25.9 Å². The number of carbonyl (C=O) groups excluding carboxylic acids is 1. The number of para-hydroxylation sites is 1. The summed E-state index contributed by atoms with van der Waals surface area (Å²) in [6.07, 6.45) is 1.85. The van der Waals surface area contributed by atoms with Crippen LogP contribution in [0.2, 0.25) is 0 Å². The van der Waals surface area contributed by atoms with Gasteiger partial charge in [0.05, 0.1) is 5.56 Å². The molecule has 0 bridgehead atoms. The lowest BCUT2D eigenvalue weighted by Gasteiger charge is -2.32. The lowest BCUT2D eigenvalue weighted by molar-refractivity contribution is -0.0503. The van der Waals surface area contributed by atoms with Gasteiger partial charge in [0.1, 0.15) is 5.75 Å². The van der Waals surface area contributed by atoms with E-state index in [1.807, 2.05) is 0 Å². The van der Waals surface area contributed by atoms with Gasteiger partial charge in [-0.1, -0.05) is 19.1 Å². The average molecular weight is 349 g/mol. The van der Waals surface area contributed by atoms with Crippen LogP contribution in [-0.2, 0) is 0 Å². The molecule has 2 rings (SSSR count). The van der Waals surface area contributed by atoms with Crippen LogP contribution in [0.15, 0.2) is 24.3 Å². The van der Waals surface area contributed by atoms with E-state index in [0.29, 0.717) is 19.0 Å². The molecule has 1 N–H and O–H groups in total. The smallest absolute Gasteiger partial charge is 0.387 e. The van der Waals surface area contributed by atoms with E-state index in [2.05, 4.69) is 17.0 Å². The van der Waals surface area contributed by atoms with Crippen molar-refractivity contribution >= 4 is 18.3 Å². The summed E-state index contributed by atoms with van der Waals surface area (Å²) in [6, 6.07) is 6.17. The van der Waals surface area contributed by atoms with Crippen molar-refractivity contribution in [3.8, 4) is 5.75 Å². The van der Waals surface area contributed by atoms with Crippen LogP contribution < -0.4 is 10.1 Å². The first-order valence-corrected chi connectivity index (χ1v) is 7.65. The van der Waals surface area contributed by atoms with Crippen molar-refractivity contribution in [3.63, 3.8) is 0 Å². The maximum absolute atomic E-state index is 12.5. The van der Waals surface area contributed by atoms with Gasteiger partial charge in [0, 0.05) is 13.1 Å². The van der Waals surface area contributed by atoms with E-state index < -0.39 is 6.61 Å². The van der Waals surface area contributed by atoms with Crippen molar-refractivity contribution in [2.24, 2.45) is 5.92 Å². The number of carbonyl (C=O) groups is 1. The third-order valence-electron chi connectivity index (χ3n) is 3.92. The Morgan fingerprint density at radius 1 is 1.35 bits per heavy atom. The summed E-state index contributed by atoms with van der Waals surface area (Å²) in [5.74, 6) is 0.270. The molecule has 0 aliphatic carbocycles. The van der Waals surface area contributed by atoms with Crippen LogP contribution in [0.3, 0.4) is 0 Å². The zero-order valence-electron chi connectivity index (χ0n) is 13.1. The Hall–Kier alpha value is -1.40. The zero-order chi connectivity index (χ0) is 15.9. The van der Waals surface area contributed by atoms with Gasteiger partial charge in [-0.15, -0.1) is 12.4 Å². The van der Waals surface area contributed by atoms with E-state index >= 15 is 0 Å². The van der Waals surface area contributed by atoms with Gasteiger partial charge < -0.3 is 15.0 Å². The molecule has 1 saturated heterocycles. The molecule has 7 heteroatoms. The minimum atomic E-state index is -2.93. The molecule has 1 fully saturated rings. The normalized spacial score (nSPS) is 15.4. The molecule has 1 aliphatic heterocycles. The highest BCUT2D eigenvalue weighted by Crippen LogP contribution is 2.24. The van der Waals surface area contributed by atoms with Crippen LogP contribution in [0.5, 0.6) is 5.75 Å². The Kier molecular flexibility index (Phi) is 8.26. The number of nitrogens with zero attached hydrogens (tertiary/aromatic N) is 1. The highest BCUT2D eigenvalue weighted by atomic mass is 35.5. The summed E-state index contributed by atoms with van der Waals surface area (Å²) in [5, 5.41) is 3.32. The number of benzene rings is 1. The monoisotopic (exact) mass is 348 g/mol. The number of hydrogen-bond donors (Lipinski definition) is 1. The minimum Gasteiger partial charge on any atom is -0.434 e. The fourth-order valence-electron chi connectivity index (χ4n) is 2.70. The number of nitrogens with one attached hydrogen (secondary N) is 1. The van der Waals surface area contributed by atoms with E-state index in [-0.39, 0.29) is 29.6 Å². The maximum Gasteiger partial charge on any atom is 0.387 e. The largest absolute Gasteiger partial charge is 0.434 e. The molecule has 4 nitrogen and oxygen atoms in total. The molecule has 130 valence electrons. The second-order valence-corrected chi connectivity index (χ2v) is 5.42. The molecule has 0 saturated carbocycles. The van der Waals surface area contributed by atoms with Crippen LogP contribution in [0.25, 0.3) is 0 Å². The van der Waals surface area contributed by atoms with Gasteiger partial charge in [0.2, 0.25) is 0 Å². The quantitative estimate of drug-likeness (QED) is 0.858. The maximum atomic E-state index is 12.5. The number of halogens is 3. The Labute approximate surface area is 141 Å². The number of piperidine rings is 1. The summed E-state index contributed by atoms with van der Waals surface area (Å²) in [5.41, 5.74) is 0.202. The van der Waals surface area contributed by atoms with Gasteiger partial charge in [-0.2, -0.15) is 8.78 Å². The van der Waals surface area contributed by atoms with Crippen LogP contribution in [0, 0.1) is 5.92 Å². The molecule has 1 amide bonds. The first kappa shape index (κ1) is 19.6. The fourth-order valence-corrected chi connectivity index (χ4v) is 2.70. The van der Waals surface area contributed by atoms with Crippen LogP contribution in [0.1, 0.15) is 30.1 Å². The molecule has 23 heavy (non-hydrogen) atoms. The second kappa shape index (κ2) is 9.67. The van der Waals surface area contributed by atoms with Crippen molar-refractivity contribution in [1.29, 1.82) is 0 Å². The molecule has 1 aliphatic rings. The number of hydrogen-bond acceptors (Lipinski definition) is 3. The Morgan fingerprint density at radius 3 is 2.61 bits per heavy atom. The van der Waals surface area contributed by atoms with Gasteiger partial charge in [-0.25, -0.2) is 0 Å². The summed E-state index contributed by atoms with van der Waals surface area (Å²) in [7, 11) is 0. The Bertz CT molecular complexity index is 495. The Balaban J connectivity index is 0.00000264. The topological polar surface area (TPSA) is 41.6 Å². The third kappa shape index (κ3) is 5.62. The van der Waals surface area contributed by atoms with E-state index in [1.54, 1.807) is 17.0 Å². The SMILES string of the molecule is CCNCC1CCN(C(=O)c2ccccc2OC(F)F)CC1.Cl. The first-order valence-electron chi connectivity index (χ1n) is 7.65. The lowest BCUT2D eigenvalue weighted by Crippen LogP contribution is -2.40. The zero-order valence-corrected chi connectivity index (χ0v) is 14.0. The van der Waals surface area contributed by atoms with Gasteiger partial charge >= 0.3 is 6.61 Å². The van der Waals surface area contributed by atoms with E-state index in [1.165, 1.54) is 12.1 Å². The highest BCUT2D eigenvalue weighted by molar-refractivity contribution is 5.97. The molecule has 1 heterocycles. The molecule has 0 spiro atoms. The molecular weight excluding hydrogens is 326 g/mol. The molecule has 0 unspecified atom stereocenters. The van der Waals surface area contributed by atoms with Crippen molar-refractivity contribution in [3.05, 3.63) is 29.8 Å². The number of rotatable bonds is 6. The molecule has 0 radical (unpaired) electrons. The molecular formula is C16H23ClF2N2O2. The van der Waals surface area contributed by atoms with Gasteiger partial charge in [0.15, 0.2) is 0 Å². The molecule has 1 aromatic carbocycles. The number of alkyl halides is 2. The highest BCUT2D eigenvalue weighted by Gasteiger charge is 2.25. The van der Waals surface area contributed by atoms with E-state index in [4.69, 9.17) is 0 Å². The first-order chi connectivity index (χ1) is 10.6. The van der Waals surface area contributed by atoms with Gasteiger partial charge in [-0.05, 0) is 44.0 Å². The van der Waals surface area contributed by atoms with Crippen molar-refractivity contribution in [1.82, 2.24) is 10.2 Å². The molecule has 1 aromatic rings. The standard InChI is InChI=1S/C16H22F2N2O2.ClH/c1-2-19-11-12-7-9-20(10-8-12)15(21)13-5-3-4-6-14(13)22-16(17)18;/h3-6,12,16,19H,2,7-11H2,1H3;1H. The molecule has 0 atom stereocenters. The van der Waals surface area contributed by atoms with Crippen LogP contribution in [-0.4, -0.2) is 43.6 Å². The predicted octanol–water partition coefficient (Wildman–Crippen LogP) is 3.17. The number of amides is 1. The van der Waals surface area contributed by atoms with E-state index in [9.17, 15) is 13.6 Å². The predicted molar refractivity (Wildman–Crippen MR) is 87.5 cm³/mol. The van der Waals surface area contributed by atoms with Crippen molar-refractivity contribution in [2.45, 2.75) is 26.4 Å². The van der Waals surface area contributed by atoms with Gasteiger partial charge in [0.25, 0.3) is 5.91 Å². The van der Waals surface area contributed by atoms with Gasteiger partial charge in [-0.3, -0.25) is 4.79 Å². The summed E-state index contributed by atoms with van der Waals surface area (Å²) in [6.45, 7) is 2.34. The summed E-state index contributed by atoms with van der Waals surface area (Å²) in [4.78, 5) is 14.2. The number of likely N-dealkylation sites (tertiary alicyclic amines) is 1. The summed E-state index contributed by atoms with van der Waals surface area (Å²) < 4.78 is 29.3. The molecule has 0 aromatic heterocycles. The lowest BCUT2D eigenvalue weighted by atomic mass is 9.96. The average Bonchev–Trinajstić information content (AvgIpc) is 2.53. The minimum absolute atomic E-state index is 0. The van der Waals surface area contributed by atoms with Crippen LogP contribution >= 0.6 is 12.4 Å². The fraction of sp³-hybridized carbons (Fsp3) is 0.562. The second-order valence-electron chi connectivity index (χ2n) is 5.42.